The van der Waals surface area contributed by atoms with E-state index >= 15 is 0 Å². The molecule has 1 aliphatic rings. The molecule has 1 unspecified atom stereocenters. The minimum Gasteiger partial charge on any atom is -0.373 e. The van der Waals surface area contributed by atoms with Crippen molar-refractivity contribution in [1.29, 1.82) is 0 Å². The molecule has 1 aromatic rings. The Kier molecular flexibility index (Phi) is 5.17. The van der Waals surface area contributed by atoms with E-state index in [-0.39, 0.29) is 5.56 Å². The van der Waals surface area contributed by atoms with Crippen molar-refractivity contribution in [3.63, 3.8) is 0 Å². The summed E-state index contributed by atoms with van der Waals surface area (Å²) in [4.78, 5) is 14.2. The van der Waals surface area contributed by atoms with E-state index in [2.05, 4.69) is 17.3 Å². The molecule has 0 aromatic carbocycles. The summed E-state index contributed by atoms with van der Waals surface area (Å²) in [5, 5.41) is 7.69. The van der Waals surface area contributed by atoms with E-state index in [4.69, 9.17) is 0 Å². The van der Waals surface area contributed by atoms with Crippen molar-refractivity contribution < 1.29 is 0 Å². The van der Waals surface area contributed by atoms with Gasteiger partial charge in [-0.25, -0.2) is 4.68 Å². The Bertz CT molecular complexity index is 479. The molecule has 0 spiro atoms. The first kappa shape index (κ1) is 15.0. The Morgan fingerprint density at radius 2 is 2.20 bits per heavy atom. The molecule has 1 atom stereocenters. The first-order valence-electron chi connectivity index (χ1n) is 7.61. The Morgan fingerprint density at radius 3 is 2.75 bits per heavy atom. The molecule has 1 aliphatic carbocycles. The molecule has 0 radical (unpaired) electrons. The lowest BCUT2D eigenvalue weighted by atomic mass is 9.98. The second kappa shape index (κ2) is 6.88. The second-order valence-electron chi connectivity index (χ2n) is 5.69. The Hall–Kier alpha value is -1.36. The maximum atomic E-state index is 12.2. The molecule has 0 saturated heterocycles. The molecule has 5 heteroatoms. The Morgan fingerprint density at radius 1 is 1.50 bits per heavy atom. The van der Waals surface area contributed by atoms with Crippen molar-refractivity contribution in [2.45, 2.75) is 45.2 Å². The fourth-order valence-corrected chi connectivity index (χ4v) is 2.97. The predicted octanol–water partition coefficient (Wildman–Crippen LogP) is 1.48. The molecule has 2 rings (SSSR count). The third-order valence-corrected chi connectivity index (χ3v) is 4.48. The van der Waals surface area contributed by atoms with E-state index < -0.39 is 0 Å². The number of anilines is 1. The SMILES string of the molecule is CCN(C)c1cnn(CC(NC)C2CCCC2)c(=O)c1. The number of aromatic nitrogens is 2. The van der Waals surface area contributed by atoms with Gasteiger partial charge in [-0.3, -0.25) is 4.79 Å². The van der Waals surface area contributed by atoms with Gasteiger partial charge in [-0.1, -0.05) is 12.8 Å². The summed E-state index contributed by atoms with van der Waals surface area (Å²) in [5.74, 6) is 0.673. The first-order chi connectivity index (χ1) is 9.65. The van der Waals surface area contributed by atoms with Gasteiger partial charge in [0.25, 0.3) is 5.56 Å². The highest BCUT2D eigenvalue weighted by molar-refractivity contribution is 5.41. The van der Waals surface area contributed by atoms with Crippen LogP contribution in [0.25, 0.3) is 0 Å². The van der Waals surface area contributed by atoms with Gasteiger partial charge in [-0.15, -0.1) is 0 Å². The monoisotopic (exact) mass is 278 g/mol. The predicted molar refractivity (Wildman–Crippen MR) is 82.2 cm³/mol. The normalized spacial score (nSPS) is 17.4. The Labute approximate surface area is 121 Å². The topological polar surface area (TPSA) is 50.2 Å². The van der Waals surface area contributed by atoms with Crippen LogP contribution in [0.1, 0.15) is 32.6 Å². The maximum Gasteiger partial charge on any atom is 0.268 e. The largest absolute Gasteiger partial charge is 0.373 e. The first-order valence-corrected chi connectivity index (χ1v) is 7.61. The van der Waals surface area contributed by atoms with Crippen LogP contribution >= 0.6 is 0 Å². The number of nitrogens with zero attached hydrogens (tertiary/aromatic N) is 3. The number of rotatable bonds is 6. The molecule has 112 valence electrons. The van der Waals surface area contributed by atoms with Crippen LogP contribution in [0.3, 0.4) is 0 Å². The fourth-order valence-electron chi connectivity index (χ4n) is 2.97. The molecule has 0 aliphatic heterocycles. The van der Waals surface area contributed by atoms with Crippen molar-refractivity contribution in [2.75, 3.05) is 25.5 Å². The summed E-state index contributed by atoms with van der Waals surface area (Å²) in [5.41, 5.74) is 0.872. The van der Waals surface area contributed by atoms with E-state index in [0.29, 0.717) is 18.5 Å². The summed E-state index contributed by atoms with van der Waals surface area (Å²) >= 11 is 0. The van der Waals surface area contributed by atoms with Crippen LogP contribution in [0.2, 0.25) is 0 Å². The third kappa shape index (κ3) is 3.39. The summed E-state index contributed by atoms with van der Waals surface area (Å²) in [7, 11) is 3.95. The molecular formula is C15H26N4O. The van der Waals surface area contributed by atoms with Gasteiger partial charge in [0.1, 0.15) is 0 Å². The molecular weight excluding hydrogens is 252 g/mol. The zero-order valence-corrected chi connectivity index (χ0v) is 12.8. The third-order valence-electron chi connectivity index (χ3n) is 4.48. The molecule has 1 N–H and O–H groups in total. The lowest BCUT2D eigenvalue weighted by molar-refractivity contribution is 0.323. The van der Waals surface area contributed by atoms with Crippen molar-refractivity contribution >= 4 is 5.69 Å². The molecule has 1 heterocycles. The van der Waals surface area contributed by atoms with Gasteiger partial charge in [0, 0.05) is 25.7 Å². The van der Waals surface area contributed by atoms with Crippen molar-refractivity contribution in [3.8, 4) is 0 Å². The van der Waals surface area contributed by atoms with Crippen LogP contribution in [0.5, 0.6) is 0 Å². The zero-order valence-electron chi connectivity index (χ0n) is 12.8. The smallest absolute Gasteiger partial charge is 0.268 e. The fraction of sp³-hybridized carbons (Fsp3) is 0.733. The lowest BCUT2D eigenvalue weighted by Crippen LogP contribution is -2.40. The number of hydrogen-bond donors (Lipinski definition) is 1. The summed E-state index contributed by atoms with van der Waals surface area (Å²) in [6.45, 7) is 3.59. The quantitative estimate of drug-likeness (QED) is 0.856. The number of likely N-dealkylation sites (N-methyl/N-ethyl adjacent to an activating group) is 1. The van der Waals surface area contributed by atoms with E-state index in [9.17, 15) is 4.79 Å². The average molecular weight is 278 g/mol. The van der Waals surface area contributed by atoms with Gasteiger partial charge in [0.2, 0.25) is 0 Å². The molecule has 1 saturated carbocycles. The van der Waals surface area contributed by atoms with Crippen LogP contribution in [0, 0.1) is 5.92 Å². The highest BCUT2D eigenvalue weighted by atomic mass is 16.1. The summed E-state index contributed by atoms with van der Waals surface area (Å²) in [6.07, 6.45) is 6.93. The summed E-state index contributed by atoms with van der Waals surface area (Å²) < 4.78 is 1.59. The average Bonchev–Trinajstić information content (AvgIpc) is 2.99. The standard InChI is InChI=1S/C15H26N4O/c1-4-18(3)13-9-15(20)19(17-10-13)11-14(16-2)12-7-5-6-8-12/h9-10,12,14,16H,4-8,11H2,1-3H3. The van der Waals surface area contributed by atoms with E-state index in [0.717, 1.165) is 12.2 Å². The van der Waals surface area contributed by atoms with Crippen molar-refractivity contribution in [3.05, 3.63) is 22.6 Å². The van der Waals surface area contributed by atoms with Crippen LogP contribution in [-0.4, -0.2) is 36.5 Å². The molecule has 0 amide bonds. The minimum absolute atomic E-state index is 0.0129. The second-order valence-corrected chi connectivity index (χ2v) is 5.69. The van der Waals surface area contributed by atoms with Crippen molar-refractivity contribution in [2.24, 2.45) is 5.92 Å². The van der Waals surface area contributed by atoms with Gasteiger partial charge in [-0.2, -0.15) is 5.10 Å². The van der Waals surface area contributed by atoms with Gasteiger partial charge in [-0.05, 0) is 32.7 Å². The van der Waals surface area contributed by atoms with Crippen LogP contribution in [-0.2, 0) is 6.54 Å². The summed E-state index contributed by atoms with van der Waals surface area (Å²) in [6, 6.07) is 2.02. The van der Waals surface area contributed by atoms with E-state index in [1.165, 1.54) is 25.7 Å². The highest BCUT2D eigenvalue weighted by Crippen LogP contribution is 2.28. The lowest BCUT2D eigenvalue weighted by Gasteiger charge is -2.23. The highest BCUT2D eigenvalue weighted by Gasteiger charge is 2.24. The van der Waals surface area contributed by atoms with Crippen LogP contribution in [0.15, 0.2) is 17.1 Å². The van der Waals surface area contributed by atoms with Gasteiger partial charge < -0.3 is 10.2 Å². The van der Waals surface area contributed by atoms with Gasteiger partial charge in [0.05, 0.1) is 18.4 Å². The Balaban J connectivity index is 2.10. The number of hydrogen-bond acceptors (Lipinski definition) is 4. The maximum absolute atomic E-state index is 12.2. The van der Waals surface area contributed by atoms with Crippen molar-refractivity contribution in [1.82, 2.24) is 15.1 Å². The molecule has 1 fully saturated rings. The molecule has 20 heavy (non-hydrogen) atoms. The van der Waals surface area contributed by atoms with E-state index in [1.807, 2.05) is 19.0 Å². The van der Waals surface area contributed by atoms with Gasteiger partial charge in [0.15, 0.2) is 0 Å². The van der Waals surface area contributed by atoms with Gasteiger partial charge >= 0.3 is 0 Å². The van der Waals surface area contributed by atoms with Crippen LogP contribution in [0.4, 0.5) is 5.69 Å². The number of nitrogens with one attached hydrogen (secondary N) is 1. The van der Waals surface area contributed by atoms with Crippen LogP contribution < -0.4 is 15.8 Å². The minimum atomic E-state index is -0.0129. The molecule has 1 aromatic heterocycles. The molecule has 0 bridgehead atoms. The molecule has 5 nitrogen and oxygen atoms in total. The zero-order chi connectivity index (χ0) is 14.5. The van der Waals surface area contributed by atoms with E-state index in [1.54, 1.807) is 16.9 Å².